The minimum absolute atomic E-state index is 0.0186. The van der Waals surface area contributed by atoms with Crippen molar-refractivity contribution in [3.05, 3.63) is 53.9 Å². The molecule has 5 rings (SSSR count). The van der Waals surface area contributed by atoms with Gasteiger partial charge < -0.3 is 15.4 Å². The number of ether oxygens (including phenoxy) is 1. The Morgan fingerprint density at radius 3 is 2.69 bits per heavy atom. The third kappa shape index (κ3) is 4.28. The first kappa shape index (κ1) is 23.8. The van der Waals surface area contributed by atoms with Crippen LogP contribution in [0.1, 0.15) is 35.7 Å². The predicted molar refractivity (Wildman–Crippen MR) is 126 cm³/mol. The van der Waals surface area contributed by atoms with Gasteiger partial charge in [-0.05, 0) is 25.5 Å². The van der Waals surface area contributed by atoms with E-state index < -0.39 is 23.7 Å². The maximum Gasteiger partial charge on any atom is 0.266 e. The van der Waals surface area contributed by atoms with Gasteiger partial charge in [-0.3, -0.25) is 9.48 Å². The third-order valence-electron chi connectivity index (χ3n) is 6.15. The Labute approximate surface area is 204 Å². The molecule has 9 nitrogen and oxygen atoms in total. The summed E-state index contributed by atoms with van der Waals surface area (Å²) in [5, 5.41) is 14.4. The summed E-state index contributed by atoms with van der Waals surface area (Å²) in [7, 11) is 1.37. The summed E-state index contributed by atoms with van der Waals surface area (Å²) in [6, 6.07) is 2.11. The van der Waals surface area contributed by atoms with Gasteiger partial charge in [0, 0.05) is 60.4 Å². The number of fused-ring (bicyclic) bond motifs is 1. The normalized spacial score (nSPS) is 15.7. The Morgan fingerprint density at radius 1 is 1.19 bits per heavy atom. The molecule has 0 bridgehead atoms. The molecule has 0 aliphatic carbocycles. The van der Waals surface area contributed by atoms with Gasteiger partial charge in [-0.15, -0.1) is 0 Å². The van der Waals surface area contributed by atoms with Crippen LogP contribution in [0.4, 0.5) is 19.0 Å². The molecule has 3 aromatic heterocycles. The molecule has 4 aromatic rings. The maximum absolute atomic E-state index is 15.3. The smallest absolute Gasteiger partial charge is 0.266 e. The lowest BCUT2D eigenvalue weighted by atomic mass is 10.00. The van der Waals surface area contributed by atoms with E-state index in [1.807, 2.05) is 13.1 Å². The van der Waals surface area contributed by atoms with Gasteiger partial charge in [0.15, 0.2) is 5.65 Å². The van der Waals surface area contributed by atoms with Crippen LogP contribution in [0.3, 0.4) is 0 Å². The minimum Gasteiger partial charge on any atom is -0.379 e. The van der Waals surface area contributed by atoms with E-state index in [9.17, 15) is 13.6 Å². The van der Waals surface area contributed by atoms with Crippen LogP contribution in [0.2, 0.25) is 0 Å². The van der Waals surface area contributed by atoms with Gasteiger partial charge in [0.2, 0.25) is 0 Å². The number of halogens is 3. The van der Waals surface area contributed by atoms with Crippen molar-refractivity contribution in [3.8, 4) is 22.3 Å². The number of amides is 1. The molecule has 0 saturated carbocycles. The van der Waals surface area contributed by atoms with Crippen molar-refractivity contribution in [3.63, 3.8) is 0 Å². The lowest BCUT2D eigenvalue weighted by Crippen LogP contribution is -2.20. The lowest BCUT2D eigenvalue weighted by molar-refractivity contribution is 0.0962. The number of hydrogen-bond acceptors (Lipinski definition) is 6. The fourth-order valence-corrected chi connectivity index (χ4v) is 4.22. The number of carbonyl (C=O) groups excluding carboxylic acids is 1. The summed E-state index contributed by atoms with van der Waals surface area (Å²) < 4.78 is 51.2. The van der Waals surface area contributed by atoms with Crippen molar-refractivity contribution in [2.24, 2.45) is 0 Å². The van der Waals surface area contributed by atoms with Crippen LogP contribution in [-0.4, -0.2) is 56.6 Å². The second kappa shape index (κ2) is 9.61. The second-order valence-electron chi connectivity index (χ2n) is 8.43. The number of nitrogens with one attached hydrogen (secondary N) is 2. The molecule has 1 atom stereocenters. The van der Waals surface area contributed by atoms with Crippen LogP contribution in [0, 0.1) is 5.82 Å². The zero-order valence-corrected chi connectivity index (χ0v) is 19.6. The van der Waals surface area contributed by atoms with Crippen molar-refractivity contribution >= 4 is 17.4 Å². The molecule has 2 N–H and O–H groups in total. The summed E-state index contributed by atoms with van der Waals surface area (Å²) in [6.45, 7) is 3.79. The number of carbonyl (C=O) groups is 1. The Kier molecular flexibility index (Phi) is 6.35. The van der Waals surface area contributed by atoms with Crippen LogP contribution < -0.4 is 10.6 Å². The van der Waals surface area contributed by atoms with Crippen LogP contribution >= 0.6 is 0 Å². The highest BCUT2D eigenvalue weighted by Gasteiger charge is 2.25. The topological polar surface area (TPSA) is 98.4 Å². The van der Waals surface area contributed by atoms with Gasteiger partial charge in [-0.2, -0.15) is 10.2 Å². The summed E-state index contributed by atoms with van der Waals surface area (Å²) >= 11 is 0. The molecule has 0 radical (unpaired) electrons. The number of aromatic nitrogens is 5. The van der Waals surface area contributed by atoms with Crippen LogP contribution in [0.5, 0.6) is 0 Å². The van der Waals surface area contributed by atoms with Gasteiger partial charge in [0.25, 0.3) is 12.3 Å². The Hall–Kier alpha value is -3.93. The van der Waals surface area contributed by atoms with E-state index >= 15 is 4.39 Å². The second-order valence-corrected chi connectivity index (χ2v) is 8.43. The van der Waals surface area contributed by atoms with Crippen molar-refractivity contribution in [1.29, 1.82) is 0 Å². The van der Waals surface area contributed by atoms with Crippen molar-refractivity contribution in [1.82, 2.24) is 29.7 Å². The molecule has 1 saturated heterocycles. The first-order chi connectivity index (χ1) is 17.4. The van der Waals surface area contributed by atoms with E-state index in [0.29, 0.717) is 25.6 Å². The van der Waals surface area contributed by atoms with E-state index in [4.69, 9.17) is 9.72 Å². The van der Waals surface area contributed by atoms with Gasteiger partial charge in [0.1, 0.15) is 11.6 Å². The molecule has 188 valence electrons. The summed E-state index contributed by atoms with van der Waals surface area (Å²) in [5.41, 5.74) is 0.812. The summed E-state index contributed by atoms with van der Waals surface area (Å²) in [5.74, 6) is -1.23. The number of anilines is 1. The zero-order chi connectivity index (χ0) is 25.4. The third-order valence-corrected chi connectivity index (χ3v) is 6.15. The quantitative estimate of drug-likeness (QED) is 0.400. The van der Waals surface area contributed by atoms with E-state index in [1.54, 1.807) is 17.1 Å². The monoisotopic (exact) mass is 499 g/mol. The summed E-state index contributed by atoms with van der Waals surface area (Å²) in [6.07, 6.45) is 4.36. The molecule has 36 heavy (non-hydrogen) atoms. The van der Waals surface area contributed by atoms with E-state index in [1.165, 1.54) is 23.8 Å². The van der Waals surface area contributed by atoms with Gasteiger partial charge in [-0.1, -0.05) is 0 Å². The molecule has 1 fully saturated rings. The molecular weight excluding hydrogens is 475 g/mol. The summed E-state index contributed by atoms with van der Waals surface area (Å²) in [4.78, 5) is 17.0. The molecule has 1 aromatic carbocycles. The molecule has 4 heterocycles. The van der Waals surface area contributed by atoms with Crippen molar-refractivity contribution in [2.75, 3.05) is 25.6 Å². The molecule has 0 spiro atoms. The average Bonchev–Trinajstić information content (AvgIpc) is 3.64. The van der Waals surface area contributed by atoms with E-state index in [0.717, 1.165) is 23.6 Å². The maximum atomic E-state index is 15.3. The average molecular weight is 499 g/mol. The number of hydrogen-bond donors (Lipinski definition) is 2. The predicted octanol–water partition coefficient (Wildman–Crippen LogP) is 3.92. The van der Waals surface area contributed by atoms with Crippen LogP contribution in [0.15, 0.2) is 36.9 Å². The lowest BCUT2D eigenvalue weighted by Gasteiger charge is -2.16. The SMILES string of the molecule is CCn1cc(-c2cn3ncc(-c4cc(C(=O)NC)cc(C(F)F)c4F)c3nc2NC2CCOC2)cn1. The van der Waals surface area contributed by atoms with Gasteiger partial charge in [-0.25, -0.2) is 22.7 Å². The van der Waals surface area contributed by atoms with Crippen molar-refractivity contribution in [2.45, 2.75) is 32.4 Å². The standard InChI is InChI=1S/C24H24F3N7O2/c1-3-33-10-14(8-29-33)19-11-34-23(32-22(19)31-15-4-5-36-12-15)18(9-30-34)16-6-13(24(35)28-2)7-17(20(16)25)21(26)27/h6-11,15,21H,3-5,12H2,1-2H3,(H,28,35)(H,31,32). The highest BCUT2D eigenvalue weighted by Crippen LogP contribution is 2.36. The molecule has 1 aliphatic heterocycles. The van der Waals surface area contributed by atoms with E-state index in [-0.39, 0.29) is 28.4 Å². The fraction of sp³-hybridized carbons (Fsp3) is 0.333. The largest absolute Gasteiger partial charge is 0.379 e. The number of nitrogens with zero attached hydrogens (tertiary/aromatic N) is 5. The Bertz CT molecular complexity index is 1430. The number of alkyl halides is 2. The van der Waals surface area contributed by atoms with E-state index in [2.05, 4.69) is 20.8 Å². The highest BCUT2D eigenvalue weighted by molar-refractivity contribution is 5.96. The fourth-order valence-electron chi connectivity index (χ4n) is 4.22. The Morgan fingerprint density at radius 2 is 2.03 bits per heavy atom. The van der Waals surface area contributed by atoms with Gasteiger partial charge >= 0.3 is 0 Å². The molecule has 1 aliphatic rings. The van der Waals surface area contributed by atoms with Crippen molar-refractivity contribution < 1.29 is 22.7 Å². The molecular formula is C24H24F3N7O2. The van der Waals surface area contributed by atoms with Gasteiger partial charge in [0.05, 0.1) is 30.6 Å². The Balaban J connectivity index is 1.69. The van der Waals surface area contributed by atoms with Crippen LogP contribution in [-0.2, 0) is 11.3 Å². The number of aryl methyl sites for hydroxylation is 1. The molecule has 12 heteroatoms. The first-order valence-corrected chi connectivity index (χ1v) is 11.5. The zero-order valence-electron chi connectivity index (χ0n) is 19.6. The number of benzene rings is 1. The highest BCUT2D eigenvalue weighted by atomic mass is 19.3. The molecule has 1 amide bonds. The minimum atomic E-state index is -3.11. The first-order valence-electron chi connectivity index (χ1n) is 11.5. The number of rotatable bonds is 7. The van der Waals surface area contributed by atoms with Crippen LogP contribution in [0.25, 0.3) is 27.9 Å². The molecule has 1 unspecified atom stereocenters.